The molecule has 200 valence electrons. The minimum atomic E-state index is -0.104. The lowest BCUT2D eigenvalue weighted by Gasteiger charge is -2.23. The van der Waals surface area contributed by atoms with Gasteiger partial charge in [0.05, 0.1) is 0 Å². The molecule has 0 aliphatic heterocycles. The Morgan fingerprint density at radius 3 is 1.71 bits per heavy atom. The maximum absolute atomic E-state index is 4.26. The Kier molecular flexibility index (Phi) is 5.46. The van der Waals surface area contributed by atoms with Gasteiger partial charge < -0.3 is 0 Å². The highest BCUT2D eigenvalue weighted by Crippen LogP contribution is 2.51. The van der Waals surface area contributed by atoms with Crippen molar-refractivity contribution in [2.24, 2.45) is 4.99 Å². The molecule has 0 N–H and O–H groups in total. The minimum absolute atomic E-state index is 0.104. The average Bonchev–Trinajstić information content (AvgIpc) is 3.25. The van der Waals surface area contributed by atoms with E-state index in [9.17, 15) is 0 Å². The number of aliphatic imine (C=N–C) groups is 1. The highest BCUT2D eigenvalue weighted by atomic mass is 14.6. The smallest absolute Gasteiger partial charge is 0.0281 e. The van der Waals surface area contributed by atoms with Crippen molar-refractivity contribution >= 4 is 38.5 Å². The number of hydrogen-bond donors (Lipinski definition) is 0. The summed E-state index contributed by atoms with van der Waals surface area (Å²) >= 11 is 0. The molecule has 7 aromatic rings. The van der Waals surface area contributed by atoms with E-state index in [2.05, 4.69) is 146 Å². The van der Waals surface area contributed by atoms with Crippen molar-refractivity contribution in [1.29, 1.82) is 0 Å². The van der Waals surface area contributed by atoms with Gasteiger partial charge in [0.2, 0.25) is 0 Å². The molecule has 0 unspecified atom stereocenters. The second-order valence-electron chi connectivity index (χ2n) is 11.9. The maximum Gasteiger partial charge on any atom is 0.0281 e. The van der Waals surface area contributed by atoms with Crippen LogP contribution in [0.3, 0.4) is 0 Å². The molecule has 7 aromatic carbocycles. The van der Waals surface area contributed by atoms with Crippen LogP contribution in [0.25, 0.3) is 65.7 Å². The zero-order valence-electron chi connectivity index (χ0n) is 24.1. The van der Waals surface area contributed by atoms with Gasteiger partial charge in [-0.05, 0) is 94.5 Å². The Labute approximate surface area is 246 Å². The molecule has 0 fully saturated rings. The Morgan fingerprint density at radius 2 is 1.05 bits per heavy atom. The first-order valence-electron chi connectivity index (χ1n) is 14.7. The summed E-state index contributed by atoms with van der Waals surface area (Å²) in [6.45, 7) is 4.71. The Bertz CT molecular complexity index is 2170. The zero-order valence-corrected chi connectivity index (χ0v) is 24.1. The molecule has 0 atom stereocenters. The van der Waals surface area contributed by atoms with E-state index >= 15 is 0 Å². The van der Waals surface area contributed by atoms with Crippen LogP contribution in [0.1, 0.15) is 30.5 Å². The number of nitrogens with zero attached hydrogens (tertiary/aromatic N) is 1. The summed E-state index contributed by atoms with van der Waals surface area (Å²) in [6, 6.07) is 47.2. The number of fused-ring (bicyclic) bond motifs is 6. The van der Waals surface area contributed by atoms with Crippen molar-refractivity contribution < 1.29 is 0 Å². The number of hydrogen-bond acceptors (Lipinski definition) is 1. The van der Waals surface area contributed by atoms with Crippen molar-refractivity contribution in [1.82, 2.24) is 0 Å². The fraction of sp³-hybridized carbons (Fsp3) is 0.0976. The molecular weight excluding hydrogens is 506 g/mol. The summed E-state index contributed by atoms with van der Waals surface area (Å²) in [4.78, 5) is 4.26. The molecule has 8 rings (SSSR count). The van der Waals surface area contributed by atoms with Crippen LogP contribution >= 0.6 is 0 Å². The predicted molar refractivity (Wildman–Crippen MR) is 181 cm³/mol. The van der Waals surface area contributed by atoms with Crippen LogP contribution in [-0.4, -0.2) is 13.3 Å². The Balaban J connectivity index is 1.42. The van der Waals surface area contributed by atoms with Gasteiger partial charge in [-0.15, -0.1) is 0 Å². The van der Waals surface area contributed by atoms with Crippen LogP contribution in [0.2, 0.25) is 0 Å². The summed E-state index contributed by atoms with van der Waals surface area (Å²) in [6.07, 6.45) is 1.94. The van der Waals surface area contributed by atoms with Crippen LogP contribution in [0.5, 0.6) is 0 Å². The highest BCUT2D eigenvalue weighted by molar-refractivity contribution is 6.23. The predicted octanol–water partition coefficient (Wildman–Crippen LogP) is 10.8. The molecule has 0 bridgehead atoms. The summed E-state index contributed by atoms with van der Waals surface area (Å²) in [5.74, 6) is 0. The van der Waals surface area contributed by atoms with Crippen molar-refractivity contribution in [2.45, 2.75) is 19.3 Å². The van der Waals surface area contributed by atoms with Crippen molar-refractivity contribution in [3.63, 3.8) is 0 Å². The second-order valence-corrected chi connectivity index (χ2v) is 11.9. The van der Waals surface area contributed by atoms with Crippen LogP contribution in [-0.2, 0) is 5.41 Å². The third-order valence-electron chi connectivity index (χ3n) is 9.26. The molecule has 42 heavy (non-hydrogen) atoms. The van der Waals surface area contributed by atoms with E-state index in [0.29, 0.717) is 0 Å². The van der Waals surface area contributed by atoms with Gasteiger partial charge in [-0.25, -0.2) is 0 Å². The maximum atomic E-state index is 4.26. The third kappa shape index (κ3) is 3.53. The summed E-state index contributed by atoms with van der Waals surface area (Å²) in [5.41, 5.74) is 11.6. The molecule has 0 amide bonds. The Morgan fingerprint density at radius 1 is 0.500 bits per heavy atom. The third-order valence-corrected chi connectivity index (χ3v) is 9.26. The van der Waals surface area contributed by atoms with E-state index < -0.39 is 0 Å². The monoisotopic (exact) mass is 537 g/mol. The minimum Gasteiger partial charge on any atom is -0.296 e. The van der Waals surface area contributed by atoms with E-state index in [0.717, 1.165) is 5.56 Å². The summed E-state index contributed by atoms with van der Waals surface area (Å²) < 4.78 is 0. The molecule has 1 aliphatic carbocycles. The normalized spacial score (nSPS) is 13.7. The van der Waals surface area contributed by atoms with Gasteiger partial charge in [-0.2, -0.15) is 0 Å². The summed E-state index contributed by atoms with van der Waals surface area (Å²) in [5, 5.41) is 7.69. The molecule has 1 aliphatic rings. The summed E-state index contributed by atoms with van der Waals surface area (Å²) in [7, 11) is 1.83. The van der Waals surface area contributed by atoms with Gasteiger partial charge in [0.25, 0.3) is 0 Å². The van der Waals surface area contributed by atoms with Crippen molar-refractivity contribution in [3.05, 3.63) is 144 Å². The van der Waals surface area contributed by atoms with Gasteiger partial charge in [-0.1, -0.05) is 129 Å². The lowest BCUT2D eigenvalue weighted by atomic mass is 9.80. The number of benzene rings is 7. The molecule has 1 nitrogen and oxygen atoms in total. The fourth-order valence-electron chi connectivity index (χ4n) is 7.31. The van der Waals surface area contributed by atoms with E-state index in [4.69, 9.17) is 0 Å². The molecule has 0 spiro atoms. The molecule has 1 heteroatoms. The SMILES string of the molecule is CN=Cc1ccc2c(c1)C(C)(C)c1cc(-c3c4ccccc4c(-c4cccc5ccccc45)c4ccccc34)ccc1-2. The molecule has 0 saturated carbocycles. The van der Waals surface area contributed by atoms with Crippen LogP contribution in [0, 0.1) is 0 Å². The van der Waals surface area contributed by atoms with Gasteiger partial charge in [0, 0.05) is 18.7 Å². The quantitative estimate of drug-likeness (QED) is 0.157. The molecule has 0 heterocycles. The molecular formula is C41H31N. The first-order chi connectivity index (χ1) is 20.6. The van der Waals surface area contributed by atoms with E-state index in [-0.39, 0.29) is 5.41 Å². The van der Waals surface area contributed by atoms with Gasteiger partial charge in [0.1, 0.15) is 0 Å². The topological polar surface area (TPSA) is 12.4 Å². The van der Waals surface area contributed by atoms with Crippen molar-refractivity contribution in [3.8, 4) is 33.4 Å². The van der Waals surface area contributed by atoms with Gasteiger partial charge >= 0.3 is 0 Å². The van der Waals surface area contributed by atoms with Crippen LogP contribution in [0.4, 0.5) is 0 Å². The standard InChI is InChI=1S/C41H31N/c1-41(2)37-23-26(25-42-3)19-21-30(37)31-22-20-28(24-38(31)41)39-33-14-6-8-16-35(33)40(36-17-9-7-15-34(36)39)32-18-10-12-27-11-4-5-13-29(27)32/h4-25H,1-3H3. The van der Waals surface area contributed by atoms with Crippen molar-refractivity contribution in [2.75, 3.05) is 7.05 Å². The van der Waals surface area contributed by atoms with E-state index in [1.54, 1.807) is 0 Å². The lowest BCUT2D eigenvalue weighted by molar-refractivity contribution is 0.660. The Hall–Kier alpha value is -5.01. The first kappa shape index (κ1) is 24.8. The first-order valence-corrected chi connectivity index (χ1v) is 14.7. The van der Waals surface area contributed by atoms with E-state index in [1.165, 1.54) is 76.8 Å². The second kappa shape index (κ2) is 9.26. The average molecular weight is 538 g/mol. The molecule has 0 radical (unpaired) electrons. The van der Waals surface area contributed by atoms with Crippen LogP contribution < -0.4 is 0 Å². The number of rotatable bonds is 3. The highest BCUT2D eigenvalue weighted by Gasteiger charge is 2.36. The lowest BCUT2D eigenvalue weighted by Crippen LogP contribution is -2.15. The largest absolute Gasteiger partial charge is 0.296 e. The molecule has 0 aromatic heterocycles. The van der Waals surface area contributed by atoms with Crippen LogP contribution in [0.15, 0.2) is 132 Å². The zero-order chi connectivity index (χ0) is 28.4. The van der Waals surface area contributed by atoms with Gasteiger partial charge in [0.15, 0.2) is 0 Å². The molecule has 0 saturated heterocycles. The van der Waals surface area contributed by atoms with Gasteiger partial charge in [-0.3, -0.25) is 4.99 Å². The fourth-order valence-corrected chi connectivity index (χ4v) is 7.31. The van der Waals surface area contributed by atoms with E-state index in [1.807, 2.05) is 13.3 Å².